The first-order chi connectivity index (χ1) is 10.8. The molecule has 0 spiro atoms. The molecule has 1 saturated carbocycles. The fraction of sp³-hybridized carbons (Fsp3) is 0.158. The van der Waals surface area contributed by atoms with E-state index in [1.807, 2.05) is 60.7 Å². The van der Waals surface area contributed by atoms with Crippen LogP contribution in [-0.2, 0) is 0 Å². The highest BCUT2D eigenvalue weighted by molar-refractivity contribution is 6.12. The Bertz CT molecular complexity index is 838. The highest BCUT2D eigenvalue weighted by Gasteiger charge is 2.26. The zero-order valence-corrected chi connectivity index (χ0v) is 12.1. The average molecular weight is 288 g/mol. The van der Waals surface area contributed by atoms with Gasteiger partial charge in [0.2, 0.25) is 0 Å². The highest BCUT2D eigenvalue weighted by Crippen LogP contribution is 2.40. The second kappa shape index (κ2) is 5.26. The Balaban J connectivity index is 1.77. The number of anilines is 1. The molecule has 3 nitrogen and oxygen atoms in total. The standard InChI is InChI=1S/C19H16N2O/c22-19(20-14-6-2-1-3-7-14)16-12-18(13-10-11-13)21-17-9-5-4-8-15(16)17/h1-9,12-13H,10-11H2,(H,20,22). The van der Waals surface area contributed by atoms with Crippen LogP contribution < -0.4 is 5.32 Å². The largest absolute Gasteiger partial charge is 0.322 e. The van der Waals surface area contributed by atoms with Gasteiger partial charge in [0.15, 0.2) is 0 Å². The number of para-hydroxylation sites is 2. The Labute approximate surface area is 129 Å². The summed E-state index contributed by atoms with van der Waals surface area (Å²) < 4.78 is 0. The number of rotatable bonds is 3. The molecular weight excluding hydrogens is 272 g/mol. The summed E-state index contributed by atoms with van der Waals surface area (Å²) in [5, 5.41) is 3.87. The average Bonchev–Trinajstić information content (AvgIpc) is 3.39. The van der Waals surface area contributed by atoms with Crippen LogP contribution in [0.4, 0.5) is 5.69 Å². The summed E-state index contributed by atoms with van der Waals surface area (Å²) in [5.74, 6) is 0.444. The quantitative estimate of drug-likeness (QED) is 0.777. The minimum absolute atomic E-state index is 0.0771. The third-order valence-corrected chi connectivity index (χ3v) is 4.01. The van der Waals surface area contributed by atoms with Gasteiger partial charge in [0.25, 0.3) is 5.91 Å². The summed E-state index contributed by atoms with van der Waals surface area (Å²) in [5.41, 5.74) is 3.44. The predicted molar refractivity (Wildman–Crippen MR) is 88.1 cm³/mol. The maximum atomic E-state index is 12.7. The normalized spacial score (nSPS) is 14.0. The summed E-state index contributed by atoms with van der Waals surface area (Å²) in [6.07, 6.45) is 2.34. The van der Waals surface area contributed by atoms with Gasteiger partial charge >= 0.3 is 0 Å². The maximum Gasteiger partial charge on any atom is 0.256 e. The van der Waals surface area contributed by atoms with Gasteiger partial charge in [0.1, 0.15) is 0 Å². The van der Waals surface area contributed by atoms with Crippen molar-refractivity contribution in [1.29, 1.82) is 0 Å². The van der Waals surface area contributed by atoms with Gasteiger partial charge in [-0.15, -0.1) is 0 Å². The first-order valence-corrected chi connectivity index (χ1v) is 7.57. The van der Waals surface area contributed by atoms with Gasteiger partial charge < -0.3 is 5.32 Å². The molecule has 22 heavy (non-hydrogen) atoms. The van der Waals surface area contributed by atoms with E-state index in [2.05, 4.69) is 5.32 Å². The summed E-state index contributed by atoms with van der Waals surface area (Å²) in [6, 6.07) is 19.3. The van der Waals surface area contributed by atoms with Crippen molar-refractivity contribution in [2.45, 2.75) is 18.8 Å². The van der Waals surface area contributed by atoms with E-state index >= 15 is 0 Å². The number of hydrogen-bond donors (Lipinski definition) is 1. The van der Waals surface area contributed by atoms with Crippen molar-refractivity contribution in [3.05, 3.63) is 71.9 Å². The van der Waals surface area contributed by atoms with Crippen molar-refractivity contribution in [3.8, 4) is 0 Å². The van der Waals surface area contributed by atoms with Gasteiger partial charge in [0, 0.05) is 22.7 Å². The summed E-state index contributed by atoms with van der Waals surface area (Å²) >= 11 is 0. The van der Waals surface area contributed by atoms with Crippen LogP contribution in [0.2, 0.25) is 0 Å². The number of fused-ring (bicyclic) bond motifs is 1. The molecule has 4 rings (SSSR count). The molecule has 0 aliphatic heterocycles. The molecule has 0 bridgehead atoms. The van der Waals surface area contributed by atoms with Crippen molar-refractivity contribution < 1.29 is 4.79 Å². The fourth-order valence-electron chi connectivity index (χ4n) is 2.69. The van der Waals surface area contributed by atoms with Gasteiger partial charge in [-0.3, -0.25) is 9.78 Å². The molecule has 1 aliphatic carbocycles. The first kappa shape index (κ1) is 13.0. The summed E-state index contributed by atoms with van der Waals surface area (Å²) in [4.78, 5) is 17.4. The maximum absolute atomic E-state index is 12.7. The Morgan fingerprint density at radius 1 is 1.00 bits per heavy atom. The molecule has 1 aromatic heterocycles. The minimum Gasteiger partial charge on any atom is -0.322 e. The Morgan fingerprint density at radius 3 is 2.50 bits per heavy atom. The van der Waals surface area contributed by atoms with Crippen LogP contribution >= 0.6 is 0 Å². The number of hydrogen-bond acceptors (Lipinski definition) is 2. The number of benzene rings is 2. The number of amides is 1. The Morgan fingerprint density at radius 2 is 1.73 bits per heavy atom. The van der Waals surface area contributed by atoms with Gasteiger partial charge in [-0.05, 0) is 37.1 Å². The SMILES string of the molecule is O=C(Nc1ccccc1)c1cc(C2CC2)nc2ccccc12. The van der Waals surface area contributed by atoms with Gasteiger partial charge in [-0.25, -0.2) is 0 Å². The van der Waals surface area contributed by atoms with Crippen LogP contribution in [0.3, 0.4) is 0 Å². The molecule has 0 radical (unpaired) electrons. The number of nitrogens with one attached hydrogen (secondary N) is 1. The van der Waals surface area contributed by atoms with Crippen LogP contribution in [-0.4, -0.2) is 10.9 Å². The summed E-state index contributed by atoms with van der Waals surface area (Å²) in [6.45, 7) is 0. The monoisotopic (exact) mass is 288 g/mol. The van der Waals surface area contributed by atoms with E-state index in [-0.39, 0.29) is 5.91 Å². The smallest absolute Gasteiger partial charge is 0.256 e. The number of aromatic nitrogens is 1. The predicted octanol–water partition coefficient (Wildman–Crippen LogP) is 4.36. The van der Waals surface area contributed by atoms with E-state index in [4.69, 9.17) is 4.98 Å². The molecule has 2 aromatic carbocycles. The number of carbonyl (C=O) groups excluding carboxylic acids is 1. The van der Waals surface area contributed by atoms with Crippen molar-refractivity contribution in [2.24, 2.45) is 0 Å². The fourth-order valence-corrected chi connectivity index (χ4v) is 2.69. The second-order valence-electron chi connectivity index (χ2n) is 5.71. The van der Waals surface area contributed by atoms with Crippen molar-refractivity contribution >= 4 is 22.5 Å². The van der Waals surface area contributed by atoms with Crippen LogP contribution in [0.1, 0.15) is 34.8 Å². The zero-order valence-electron chi connectivity index (χ0n) is 12.1. The topological polar surface area (TPSA) is 42.0 Å². The molecule has 1 N–H and O–H groups in total. The lowest BCUT2D eigenvalue weighted by Gasteiger charge is -2.10. The molecule has 0 saturated heterocycles. The molecule has 0 atom stereocenters. The molecule has 1 fully saturated rings. The molecule has 3 heteroatoms. The van der Waals surface area contributed by atoms with E-state index in [9.17, 15) is 4.79 Å². The number of nitrogens with zero attached hydrogens (tertiary/aromatic N) is 1. The zero-order chi connectivity index (χ0) is 14.9. The summed E-state index contributed by atoms with van der Waals surface area (Å²) in [7, 11) is 0. The van der Waals surface area contributed by atoms with Crippen molar-refractivity contribution in [3.63, 3.8) is 0 Å². The van der Waals surface area contributed by atoms with Crippen LogP contribution in [0, 0.1) is 0 Å². The molecule has 108 valence electrons. The van der Waals surface area contributed by atoms with E-state index < -0.39 is 0 Å². The molecular formula is C19H16N2O. The van der Waals surface area contributed by atoms with Gasteiger partial charge in [-0.1, -0.05) is 36.4 Å². The van der Waals surface area contributed by atoms with Crippen LogP contribution in [0.25, 0.3) is 10.9 Å². The van der Waals surface area contributed by atoms with Gasteiger partial charge in [0.05, 0.1) is 11.1 Å². The van der Waals surface area contributed by atoms with E-state index in [0.717, 1.165) is 22.3 Å². The van der Waals surface area contributed by atoms with E-state index in [1.54, 1.807) is 0 Å². The van der Waals surface area contributed by atoms with Crippen molar-refractivity contribution in [2.75, 3.05) is 5.32 Å². The van der Waals surface area contributed by atoms with Crippen molar-refractivity contribution in [1.82, 2.24) is 4.98 Å². The van der Waals surface area contributed by atoms with E-state index in [0.29, 0.717) is 11.5 Å². The van der Waals surface area contributed by atoms with Crippen LogP contribution in [0.15, 0.2) is 60.7 Å². The Kier molecular flexibility index (Phi) is 3.11. The number of pyridine rings is 1. The first-order valence-electron chi connectivity index (χ1n) is 7.57. The molecule has 1 amide bonds. The molecule has 1 aliphatic rings. The Hall–Kier alpha value is -2.68. The lowest BCUT2D eigenvalue weighted by atomic mass is 10.1. The lowest BCUT2D eigenvalue weighted by Crippen LogP contribution is -2.13. The number of carbonyl (C=O) groups is 1. The van der Waals surface area contributed by atoms with E-state index in [1.165, 1.54) is 12.8 Å². The third-order valence-electron chi connectivity index (χ3n) is 4.01. The van der Waals surface area contributed by atoms with Crippen LogP contribution in [0.5, 0.6) is 0 Å². The second-order valence-corrected chi connectivity index (χ2v) is 5.71. The molecule has 1 heterocycles. The third kappa shape index (κ3) is 2.46. The highest BCUT2D eigenvalue weighted by atomic mass is 16.1. The minimum atomic E-state index is -0.0771. The lowest BCUT2D eigenvalue weighted by molar-refractivity contribution is 0.102. The molecule has 0 unspecified atom stereocenters. The molecule has 3 aromatic rings. The van der Waals surface area contributed by atoms with Gasteiger partial charge in [-0.2, -0.15) is 0 Å².